The Balaban J connectivity index is 1.82. The molecule has 0 aromatic carbocycles. The first kappa shape index (κ1) is 13.5. The van der Waals surface area contributed by atoms with Crippen LogP contribution in [0.3, 0.4) is 0 Å². The Labute approximate surface area is 119 Å². The molecule has 4 saturated heterocycles. The van der Waals surface area contributed by atoms with Gasteiger partial charge in [0.2, 0.25) is 5.79 Å². The summed E-state index contributed by atoms with van der Waals surface area (Å²) in [6.07, 6.45) is 2.72. The fraction of sp³-hybridized carbons (Fsp3) is 1.00. The zero-order valence-electron chi connectivity index (χ0n) is 12.4. The molecule has 1 N–H and O–H groups in total. The minimum absolute atomic E-state index is 0.0379. The van der Waals surface area contributed by atoms with Gasteiger partial charge in [-0.3, -0.25) is 0 Å². The van der Waals surface area contributed by atoms with Crippen molar-refractivity contribution in [3.63, 3.8) is 0 Å². The number of fused-ring (bicyclic) bond motifs is 2. The van der Waals surface area contributed by atoms with Gasteiger partial charge in [0.25, 0.3) is 0 Å². The zero-order valence-corrected chi connectivity index (χ0v) is 12.4. The Kier molecular flexibility index (Phi) is 2.81. The van der Waals surface area contributed by atoms with Gasteiger partial charge in [-0.25, -0.2) is 9.78 Å². The first-order valence-corrected chi connectivity index (χ1v) is 7.84. The van der Waals surface area contributed by atoms with Gasteiger partial charge in [-0.05, 0) is 38.0 Å². The van der Waals surface area contributed by atoms with Crippen molar-refractivity contribution < 1.29 is 24.4 Å². The summed E-state index contributed by atoms with van der Waals surface area (Å²) < 4.78 is 11.9. The SMILES string of the molecule is C[C@H]1[C@H](O)OC2OC3(C)CC[C@H]4[C@H](C)CC[C@@H]1[C@@]24OO3. The second-order valence-electron chi connectivity index (χ2n) is 7.30. The van der Waals surface area contributed by atoms with Crippen LogP contribution in [-0.2, 0) is 19.2 Å². The van der Waals surface area contributed by atoms with E-state index in [1.165, 1.54) is 6.42 Å². The highest BCUT2D eigenvalue weighted by Gasteiger charge is 2.69. The van der Waals surface area contributed by atoms with Crippen LogP contribution in [0, 0.1) is 23.7 Å². The molecule has 5 heteroatoms. The molecule has 8 atom stereocenters. The van der Waals surface area contributed by atoms with Crippen LogP contribution in [-0.4, -0.2) is 29.1 Å². The first-order chi connectivity index (χ1) is 9.46. The van der Waals surface area contributed by atoms with E-state index < -0.39 is 24.0 Å². The highest BCUT2D eigenvalue weighted by atomic mass is 17.3. The van der Waals surface area contributed by atoms with E-state index in [-0.39, 0.29) is 11.8 Å². The molecule has 5 rings (SSSR count). The molecule has 0 radical (unpaired) electrons. The van der Waals surface area contributed by atoms with Crippen LogP contribution < -0.4 is 0 Å². The van der Waals surface area contributed by atoms with Crippen molar-refractivity contribution in [2.75, 3.05) is 0 Å². The van der Waals surface area contributed by atoms with E-state index in [9.17, 15) is 5.11 Å². The highest BCUT2D eigenvalue weighted by Crippen LogP contribution is 2.60. The first-order valence-electron chi connectivity index (χ1n) is 7.84. The molecule has 5 aliphatic rings. The lowest BCUT2D eigenvalue weighted by molar-refractivity contribution is -0.576. The molecule has 20 heavy (non-hydrogen) atoms. The van der Waals surface area contributed by atoms with Crippen molar-refractivity contribution in [3.8, 4) is 0 Å². The summed E-state index contributed by atoms with van der Waals surface area (Å²) >= 11 is 0. The third-order valence-corrected chi connectivity index (χ3v) is 6.12. The van der Waals surface area contributed by atoms with Gasteiger partial charge in [0.1, 0.15) is 0 Å². The van der Waals surface area contributed by atoms with E-state index >= 15 is 0 Å². The molecule has 1 saturated carbocycles. The molecule has 4 heterocycles. The van der Waals surface area contributed by atoms with E-state index in [0.29, 0.717) is 11.8 Å². The van der Waals surface area contributed by atoms with E-state index in [4.69, 9.17) is 19.2 Å². The minimum Gasteiger partial charge on any atom is -0.368 e. The van der Waals surface area contributed by atoms with Crippen LogP contribution in [0.5, 0.6) is 0 Å². The van der Waals surface area contributed by atoms with Crippen molar-refractivity contribution in [3.05, 3.63) is 0 Å². The van der Waals surface area contributed by atoms with E-state index in [1.54, 1.807) is 0 Å². The van der Waals surface area contributed by atoms with Crippen LogP contribution in [0.25, 0.3) is 0 Å². The van der Waals surface area contributed by atoms with Crippen molar-refractivity contribution in [2.45, 2.75) is 70.4 Å². The molecule has 0 amide bonds. The lowest BCUT2D eigenvalue weighted by Crippen LogP contribution is -2.70. The van der Waals surface area contributed by atoms with Crippen LogP contribution in [0.15, 0.2) is 0 Å². The average Bonchev–Trinajstić information content (AvgIpc) is 2.63. The number of hydrogen-bond donors (Lipinski definition) is 1. The standard InChI is InChI=1S/C15H24O5/c1-8-4-5-11-9(2)12(16)17-13-15(11)10(8)6-7-14(3,18-13)19-20-15/h8-13,16H,4-7H2,1-3H3/t8-,9-,10+,11+,12-,13?,14?,15-/m1/s1. The Morgan fingerprint density at radius 2 is 1.85 bits per heavy atom. The van der Waals surface area contributed by atoms with Gasteiger partial charge in [0.05, 0.1) is 0 Å². The van der Waals surface area contributed by atoms with E-state index in [2.05, 4.69) is 6.92 Å². The predicted octanol–water partition coefficient (Wildman–Crippen LogP) is 2.19. The molecule has 114 valence electrons. The molecule has 1 spiro atoms. The Morgan fingerprint density at radius 3 is 2.65 bits per heavy atom. The second-order valence-corrected chi connectivity index (χ2v) is 7.30. The summed E-state index contributed by atoms with van der Waals surface area (Å²) in [6, 6.07) is 0. The Morgan fingerprint density at radius 1 is 1.05 bits per heavy atom. The third-order valence-electron chi connectivity index (χ3n) is 6.12. The maximum absolute atomic E-state index is 10.2. The summed E-state index contributed by atoms with van der Waals surface area (Å²) in [5, 5.41) is 10.2. The normalized spacial score (nSPS) is 61.8. The monoisotopic (exact) mass is 284 g/mol. The molecule has 0 aromatic rings. The van der Waals surface area contributed by atoms with Crippen LogP contribution >= 0.6 is 0 Å². The van der Waals surface area contributed by atoms with Gasteiger partial charge >= 0.3 is 0 Å². The van der Waals surface area contributed by atoms with Crippen molar-refractivity contribution in [2.24, 2.45) is 23.7 Å². The van der Waals surface area contributed by atoms with Crippen molar-refractivity contribution in [1.82, 2.24) is 0 Å². The molecular formula is C15H24O5. The Bertz CT molecular complexity index is 411. The molecule has 2 unspecified atom stereocenters. The van der Waals surface area contributed by atoms with Crippen LogP contribution in [0.1, 0.15) is 46.5 Å². The van der Waals surface area contributed by atoms with E-state index in [1.807, 2.05) is 13.8 Å². The van der Waals surface area contributed by atoms with Gasteiger partial charge in [0, 0.05) is 18.3 Å². The largest absolute Gasteiger partial charge is 0.368 e. The number of aliphatic hydroxyl groups excluding tert-OH is 1. The summed E-state index contributed by atoms with van der Waals surface area (Å²) in [5.41, 5.74) is -0.549. The minimum atomic E-state index is -0.781. The highest BCUT2D eigenvalue weighted by molar-refractivity contribution is 5.08. The maximum Gasteiger partial charge on any atom is 0.201 e. The number of hydrogen-bond acceptors (Lipinski definition) is 5. The number of aliphatic hydroxyl groups is 1. The maximum atomic E-state index is 10.2. The van der Waals surface area contributed by atoms with Crippen molar-refractivity contribution in [1.29, 1.82) is 0 Å². The van der Waals surface area contributed by atoms with Crippen molar-refractivity contribution >= 4 is 0 Å². The quantitative estimate of drug-likeness (QED) is 0.691. The summed E-state index contributed by atoms with van der Waals surface area (Å²) in [6.45, 7) is 6.22. The molecule has 1 aliphatic carbocycles. The van der Waals surface area contributed by atoms with Crippen LogP contribution in [0.4, 0.5) is 0 Å². The number of ether oxygens (including phenoxy) is 2. The number of rotatable bonds is 0. The molecule has 4 aliphatic heterocycles. The molecule has 5 nitrogen and oxygen atoms in total. The molecule has 2 bridgehead atoms. The smallest absolute Gasteiger partial charge is 0.201 e. The van der Waals surface area contributed by atoms with Crippen LogP contribution in [0.2, 0.25) is 0 Å². The molecular weight excluding hydrogens is 260 g/mol. The fourth-order valence-corrected chi connectivity index (χ4v) is 4.89. The van der Waals surface area contributed by atoms with Gasteiger partial charge < -0.3 is 14.6 Å². The average molecular weight is 284 g/mol. The summed E-state index contributed by atoms with van der Waals surface area (Å²) in [5.74, 6) is 0.437. The topological polar surface area (TPSA) is 57.2 Å². The van der Waals surface area contributed by atoms with Gasteiger partial charge in [-0.2, -0.15) is 0 Å². The summed E-state index contributed by atoms with van der Waals surface area (Å²) in [4.78, 5) is 11.6. The molecule has 5 fully saturated rings. The summed E-state index contributed by atoms with van der Waals surface area (Å²) in [7, 11) is 0. The lowest BCUT2D eigenvalue weighted by Gasteiger charge is -2.59. The lowest BCUT2D eigenvalue weighted by atomic mass is 9.58. The van der Waals surface area contributed by atoms with E-state index in [0.717, 1.165) is 19.3 Å². The van der Waals surface area contributed by atoms with Gasteiger partial charge in [-0.1, -0.05) is 13.8 Å². The zero-order chi connectivity index (χ0) is 14.1. The Hall–Kier alpha value is -0.200. The van der Waals surface area contributed by atoms with Gasteiger partial charge in [0.15, 0.2) is 18.2 Å². The fourth-order valence-electron chi connectivity index (χ4n) is 4.89. The van der Waals surface area contributed by atoms with Gasteiger partial charge in [-0.15, -0.1) is 0 Å². The predicted molar refractivity (Wildman–Crippen MR) is 69.0 cm³/mol. The second kappa shape index (κ2) is 4.17. The third kappa shape index (κ3) is 1.56. The molecule has 0 aromatic heterocycles.